The van der Waals surface area contributed by atoms with Crippen molar-refractivity contribution in [1.29, 1.82) is 0 Å². The van der Waals surface area contributed by atoms with Crippen molar-refractivity contribution >= 4 is 22.3 Å². The smallest absolute Gasteiger partial charge is 0.0672 e. The number of fused-ring (bicyclic) bond motifs is 1. The molecule has 1 heterocycles. The fourth-order valence-electron chi connectivity index (χ4n) is 1.58. The van der Waals surface area contributed by atoms with E-state index in [1.807, 2.05) is 12.1 Å². The number of nitrogen functional groups attached to an aromatic ring is 1. The molecule has 3 rings (SSSR count). The average Bonchev–Trinajstić information content (AvgIpc) is 2.85. The molecule has 1 aliphatic carbocycles. The number of benzene rings is 1. The Morgan fingerprint density at radius 1 is 1.43 bits per heavy atom. The van der Waals surface area contributed by atoms with E-state index in [1.165, 1.54) is 12.8 Å². The second-order valence-electron chi connectivity index (χ2n) is 3.82. The van der Waals surface area contributed by atoms with Gasteiger partial charge in [0.25, 0.3) is 0 Å². The third kappa shape index (κ3) is 1.19. The van der Waals surface area contributed by atoms with E-state index in [9.17, 15) is 0 Å². The summed E-state index contributed by atoms with van der Waals surface area (Å²) in [6.45, 7) is 0. The maximum Gasteiger partial charge on any atom is 0.0672 e. The molecule has 4 heteroatoms. The van der Waals surface area contributed by atoms with Crippen LogP contribution in [0.3, 0.4) is 0 Å². The largest absolute Gasteiger partial charge is 0.397 e. The van der Waals surface area contributed by atoms with Crippen LogP contribution in [0.25, 0.3) is 10.9 Å². The Morgan fingerprint density at radius 3 is 3.07 bits per heavy atom. The van der Waals surface area contributed by atoms with Crippen LogP contribution in [-0.4, -0.2) is 16.2 Å². The standard InChI is InChI=1S/C10H12N4/c11-8-3-6-5-12-14-9(6)4-10(8)13-7-1-2-7/h3-5,7,13H,1-2,11H2,(H,12,14). The molecule has 0 bridgehead atoms. The summed E-state index contributed by atoms with van der Waals surface area (Å²) < 4.78 is 0. The molecule has 0 saturated heterocycles. The summed E-state index contributed by atoms with van der Waals surface area (Å²) in [5.41, 5.74) is 8.76. The molecule has 0 aliphatic heterocycles. The monoisotopic (exact) mass is 188 g/mol. The van der Waals surface area contributed by atoms with Crippen molar-refractivity contribution in [2.75, 3.05) is 11.1 Å². The molecule has 1 aromatic heterocycles. The van der Waals surface area contributed by atoms with Gasteiger partial charge in [-0.15, -0.1) is 0 Å². The highest BCUT2D eigenvalue weighted by Gasteiger charge is 2.21. The minimum atomic E-state index is 0.623. The molecule has 4 N–H and O–H groups in total. The molecule has 0 amide bonds. The summed E-state index contributed by atoms with van der Waals surface area (Å²) in [5, 5.41) is 11.4. The van der Waals surface area contributed by atoms with Gasteiger partial charge in [0.15, 0.2) is 0 Å². The minimum Gasteiger partial charge on any atom is -0.397 e. The average molecular weight is 188 g/mol. The number of aromatic nitrogens is 2. The summed E-state index contributed by atoms with van der Waals surface area (Å²) in [4.78, 5) is 0. The Labute approximate surface area is 81.5 Å². The fraction of sp³-hybridized carbons (Fsp3) is 0.300. The van der Waals surface area contributed by atoms with Gasteiger partial charge in [0.1, 0.15) is 0 Å². The summed E-state index contributed by atoms with van der Waals surface area (Å²) in [7, 11) is 0. The molecule has 0 radical (unpaired) electrons. The van der Waals surface area contributed by atoms with Crippen LogP contribution in [0.5, 0.6) is 0 Å². The van der Waals surface area contributed by atoms with E-state index in [-0.39, 0.29) is 0 Å². The molecule has 4 nitrogen and oxygen atoms in total. The first-order valence-corrected chi connectivity index (χ1v) is 4.82. The topological polar surface area (TPSA) is 66.7 Å². The van der Waals surface area contributed by atoms with E-state index < -0.39 is 0 Å². The number of nitrogens with two attached hydrogens (primary N) is 1. The summed E-state index contributed by atoms with van der Waals surface area (Å²) >= 11 is 0. The van der Waals surface area contributed by atoms with Crippen LogP contribution in [0.4, 0.5) is 11.4 Å². The molecular formula is C10H12N4. The molecule has 0 spiro atoms. The van der Waals surface area contributed by atoms with Gasteiger partial charge in [-0.1, -0.05) is 0 Å². The molecule has 0 unspecified atom stereocenters. The predicted octanol–water partition coefficient (Wildman–Crippen LogP) is 1.72. The Bertz CT molecular complexity index is 470. The first kappa shape index (κ1) is 7.67. The molecule has 1 fully saturated rings. The molecule has 1 aliphatic rings. The van der Waals surface area contributed by atoms with Gasteiger partial charge >= 0.3 is 0 Å². The van der Waals surface area contributed by atoms with Crippen molar-refractivity contribution in [1.82, 2.24) is 10.2 Å². The molecule has 1 saturated carbocycles. The maximum atomic E-state index is 5.92. The normalized spacial score (nSPS) is 16.0. The van der Waals surface area contributed by atoms with Gasteiger partial charge < -0.3 is 11.1 Å². The third-order valence-electron chi connectivity index (χ3n) is 2.55. The van der Waals surface area contributed by atoms with Gasteiger partial charge in [0.2, 0.25) is 0 Å². The number of H-pyrrole nitrogens is 1. The summed E-state index contributed by atoms with van der Waals surface area (Å²) in [5.74, 6) is 0. The number of nitrogens with one attached hydrogen (secondary N) is 2. The second kappa shape index (κ2) is 2.64. The van der Waals surface area contributed by atoms with Gasteiger partial charge in [0, 0.05) is 11.4 Å². The molecule has 2 aromatic rings. The van der Waals surface area contributed by atoms with Gasteiger partial charge in [-0.2, -0.15) is 5.10 Å². The van der Waals surface area contributed by atoms with Crippen LogP contribution in [0.2, 0.25) is 0 Å². The van der Waals surface area contributed by atoms with Crippen molar-refractivity contribution < 1.29 is 0 Å². The molecule has 14 heavy (non-hydrogen) atoms. The van der Waals surface area contributed by atoms with Crippen LogP contribution >= 0.6 is 0 Å². The number of rotatable bonds is 2. The van der Waals surface area contributed by atoms with E-state index in [2.05, 4.69) is 15.5 Å². The zero-order valence-electron chi connectivity index (χ0n) is 7.75. The van der Waals surface area contributed by atoms with E-state index in [4.69, 9.17) is 5.73 Å². The highest BCUT2D eigenvalue weighted by molar-refractivity contribution is 5.88. The zero-order valence-corrected chi connectivity index (χ0v) is 7.75. The van der Waals surface area contributed by atoms with Crippen molar-refractivity contribution in [2.45, 2.75) is 18.9 Å². The number of anilines is 2. The lowest BCUT2D eigenvalue weighted by molar-refractivity contribution is 1.12. The second-order valence-corrected chi connectivity index (χ2v) is 3.82. The lowest BCUT2D eigenvalue weighted by Crippen LogP contribution is -2.03. The molecule has 72 valence electrons. The fourth-order valence-corrected chi connectivity index (χ4v) is 1.58. The van der Waals surface area contributed by atoms with Gasteiger partial charge in [-0.3, -0.25) is 5.10 Å². The van der Waals surface area contributed by atoms with Crippen LogP contribution in [0, 0.1) is 0 Å². The van der Waals surface area contributed by atoms with Crippen LogP contribution < -0.4 is 11.1 Å². The van der Waals surface area contributed by atoms with E-state index in [1.54, 1.807) is 6.20 Å². The highest BCUT2D eigenvalue weighted by atomic mass is 15.1. The van der Waals surface area contributed by atoms with Gasteiger partial charge in [0.05, 0.1) is 23.1 Å². The van der Waals surface area contributed by atoms with Crippen LogP contribution in [0.1, 0.15) is 12.8 Å². The van der Waals surface area contributed by atoms with Crippen molar-refractivity contribution in [3.8, 4) is 0 Å². The first-order chi connectivity index (χ1) is 6.83. The Hall–Kier alpha value is -1.71. The number of aromatic amines is 1. The van der Waals surface area contributed by atoms with E-state index in [0.29, 0.717) is 6.04 Å². The van der Waals surface area contributed by atoms with Gasteiger partial charge in [-0.05, 0) is 25.0 Å². The van der Waals surface area contributed by atoms with Crippen molar-refractivity contribution in [3.63, 3.8) is 0 Å². The number of hydrogen-bond acceptors (Lipinski definition) is 3. The zero-order chi connectivity index (χ0) is 9.54. The van der Waals surface area contributed by atoms with Crippen LogP contribution in [0.15, 0.2) is 18.3 Å². The molecule has 0 atom stereocenters. The maximum absolute atomic E-state index is 5.92. The molecule has 1 aromatic carbocycles. The Kier molecular flexibility index (Phi) is 1.45. The SMILES string of the molecule is Nc1cc2cn[nH]c2cc1NC1CC1. The number of nitrogens with zero attached hydrogens (tertiary/aromatic N) is 1. The van der Waals surface area contributed by atoms with Crippen molar-refractivity contribution in [3.05, 3.63) is 18.3 Å². The van der Waals surface area contributed by atoms with E-state index in [0.717, 1.165) is 22.3 Å². The third-order valence-corrected chi connectivity index (χ3v) is 2.55. The molecular weight excluding hydrogens is 176 g/mol. The minimum absolute atomic E-state index is 0.623. The summed E-state index contributed by atoms with van der Waals surface area (Å²) in [6, 6.07) is 4.59. The van der Waals surface area contributed by atoms with E-state index >= 15 is 0 Å². The quantitative estimate of drug-likeness (QED) is 0.628. The lowest BCUT2D eigenvalue weighted by Gasteiger charge is -2.07. The first-order valence-electron chi connectivity index (χ1n) is 4.82. The lowest BCUT2D eigenvalue weighted by atomic mass is 10.2. The summed E-state index contributed by atoms with van der Waals surface area (Å²) in [6.07, 6.45) is 4.29. The van der Waals surface area contributed by atoms with Gasteiger partial charge in [-0.25, -0.2) is 0 Å². The number of hydrogen-bond donors (Lipinski definition) is 3. The van der Waals surface area contributed by atoms with Crippen molar-refractivity contribution in [2.24, 2.45) is 0 Å². The Balaban J connectivity index is 2.07. The van der Waals surface area contributed by atoms with Crippen LogP contribution in [-0.2, 0) is 0 Å². The highest BCUT2D eigenvalue weighted by Crippen LogP contribution is 2.30. The Morgan fingerprint density at radius 2 is 2.29 bits per heavy atom. The predicted molar refractivity (Wildman–Crippen MR) is 57.2 cm³/mol.